The fourth-order valence-corrected chi connectivity index (χ4v) is 2.70. The molecule has 1 aromatic rings. The van der Waals surface area contributed by atoms with E-state index in [-0.39, 0.29) is 11.8 Å². The molecule has 0 saturated heterocycles. The van der Waals surface area contributed by atoms with Gasteiger partial charge in [0.05, 0.1) is 22.1 Å². The maximum absolute atomic E-state index is 10.7. The van der Waals surface area contributed by atoms with E-state index in [2.05, 4.69) is 6.92 Å². The van der Waals surface area contributed by atoms with Gasteiger partial charge in [0.1, 0.15) is 5.75 Å². The zero-order valence-electron chi connectivity index (χ0n) is 11.0. The smallest absolute Gasteiger partial charge is 0.273 e. The van der Waals surface area contributed by atoms with Crippen molar-refractivity contribution in [1.82, 2.24) is 0 Å². The van der Waals surface area contributed by atoms with Gasteiger partial charge in [-0.25, -0.2) is 0 Å². The first kappa shape index (κ1) is 14.1. The molecule has 19 heavy (non-hydrogen) atoms. The number of hydrogen-bond acceptors (Lipinski definition) is 3. The first-order valence-electron chi connectivity index (χ1n) is 6.70. The number of nitro groups is 1. The van der Waals surface area contributed by atoms with Crippen molar-refractivity contribution in [3.05, 3.63) is 33.3 Å². The van der Waals surface area contributed by atoms with Crippen LogP contribution in [0.4, 0.5) is 5.69 Å². The van der Waals surface area contributed by atoms with Gasteiger partial charge in [0, 0.05) is 6.07 Å². The van der Waals surface area contributed by atoms with Gasteiger partial charge in [-0.1, -0.05) is 24.9 Å². The first-order chi connectivity index (χ1) is 9.10. The van der Waals surface area contributed by atoms with Gasteiger partial charge in [0.25, 0.3) is 5.69 Å². The zero-order valence-corrected chi connectivity index (χ0v) is 11.7. The van der Waals surface area contributed by atoms with Crippen molar-refractivity contribution in [3.8, 4) is 5.75 Å². The molecule has 0 radical (unpaired) electrons. The van der Waals surface area contributed by atoms with Crippen LogP contribution >= 0.6 is 11.6 Å². The molecule has 0 heterocycles. The quantitative estimate of drug-likeness (QED) is 0.599. The molecule has 0 spiro atoms. The number of benzene rings is 1. The average Bonchev–Trinajstić information content (AvgIpc) is 2.42. The van der Waals surface area contributed by atoms with Gasteiger partial charge in [-0.05, 0) is 37.7 Å². The van der Waals surface area contributed by atoms with Crippen LogP contribution < -0.4 is 4.74 Å². The number of rotatable bonds is 4. The summed E-state index contributed by atoms with van der Waals surface area (Å²) < 4.78 is 5.83. The summed E-state index contributed by atoms with van der Waals surface area (Å²) in [5.74, 6) is 1.22. The lowest BCUT2D eigenvalue weighted by Gasteiger charge is -2.28. The van der Waals surface area contributed by atoms with Gasteiger partial charge in [-0.15, -0.1) is 0 Å². The van der Waals surface area contributed by atoms with E-state index in [0.717, 1.165) is 31.6 Å². The van der Waals surface area contributed by atoms with Gasteiger partial charge in [0.15, 0.2) is 0 Å². The van der Waals surface area contributed by atoms with Crippen LogP contribution in [0.25, 0.3) is 0 Å². The van der Waals surface area contributed by atoms with Crippen molar-refractivity contribution in [2.75, 3.05) is 0 Å². The average molecular weight is 284 g/mol. The largest absolute Gasteiger partial charge is 0.489 e. The Kier molecular flexibility index (Phi) is 4.64. The summed E-state index contributed by atoms with van der Waals surface area (Å²) in [6.45, 7) is 2.21. The Balaban J connectivity index is 2.03. The fourth-order valence-electron chi connectivity index (χ4n) is 2.53. The second-order valence-corrected chi connectivity index (χ2v) is 5.45. The third-order valence-electron chi connectivity index (χ3n) is 3.79. The Morgan fingerprint density at radius 3 is 2.63 bits per heavy atom. The number of hydrogen-bond donors (Lipinski definition) is 0. The SMILES string of the molecule is CCC1CCC(Oc2cc([N+](=O)[O-])ccc2Cl)CC1. The summed E-state index contributed by atoms with van der Waals surface area (Å²) >= 11 is 6.03. The van der Waals surface area contributed by atoms with E-state index in [0.29, 0.717) is 10.8 Å². The first-order valence-corrected chi connectivity index (χ1v) is 7.08. The zero-order chi connectivity index (χ0) is 13.8. The summed E-state index contributed by atoms with van der Waals surface area (Å²) in [6.07, 6.45) is 5.66. The fraction of sp³-hybridized carbons (Fsp3) is 0.571. The summed E-state index contributed by atoms with van der Waals surface area (Å²) in [5, 5.41) is 11.2. The Hall–Kier alpha value is -1.29. The Labute approximate surface area is 117 Å². The minimum Gasteiger partial charge on any atom is -0.489 e. The lowest BCUT2D eigenvalue weighted by molar-refractivity contribution is -0.384. The van der Waals surface area contributed by atoms with Crippen LogP contribution in [-0.4, -0.2) is 11.0 Å². The second-order valence-electron chi connectivity index (χ2n) is 5.04. The minimum absolute atomic E-state index is 0.0154. The highest BCUT2D eigenvalue weighted by molar-refractivity contribution is 6.32. The Bertz CT molecular complexity index is 456. The van der Waals surface area contributed by atoms with Gasteiger partial charge >= 0.3 is 0 Å². The molecule has 0 N–H and O–H groups in total. The number of nitrogens with zero attached hydrogens (tertiary/aromatic N) is 1. The summed E-state index contributed by atoms with van der Waals surface area (Å²) in [7, 11) is 0. The van der Waals surface area contributed by atoms with Gasteiger partial charge in [-0.2, -0.15) is 0 Å². The van der Waals surface area contributed by atoms with E-state index in [1.165, 1.54) is 24.6 Å². The highest BCUT2D eigenvalue weighted by atomic mass is 35.5. The maximum atomic E-state index is 10.7. The molecule has 104 valence electrons. The molecule has 0 bridgehead atoms. The molecule has 1 fully saturated rings. The summed E-state index contributed by atoms with van der Waals surface area (Å²) in [4.78, 5) is 10.3. The predicted octanol–water partition coefficient (Wildman–Crippen LogP) is 4.60. The van der Waals surface area contributed by atoms with Crippen LogP contribution in [0.3, 0.4) is 0 Å². The molecule has 0 amide bonds. The van der Waals surface area contributed by atoms with Crippen molar-refractivity contribution in [2.24, 2.45) is 5.92 Å². The van der Waals surface area contributed by atoms with Crippen LogP contribution in [-0.2, 0) is 0 Å². The molecule has 1 aliphatic carbocycles. The van der Waals surface area contributed by atoms with E-state index in [1.807, 2.05) is 0 Å². The van der Waals surface area contributed by atoms with Crippen molar-refractivity contribution in [1.29, 1.82) is 0 Å². The van der Waals surface area contributed by atoms with Crippen LogP contribution in [0, 0.1) is 16.0 Å². The van der Waals surface area contributed by atoms with E-state index < -0.39 is 4.92 Å². The van der Waals surface area contributed by atoms with E-state index >= 15 is 0 Å². The van der Waals surface area contributed by atoms with Gasteiger partial charge < -0.3 is 4.74 Å². The third kappa shape index (κ3) is 3.60. The molecule has 5 heteroatoms. The van der Waals surface area contributed by atoms with E-state index in [9.17, 15) is 10.1 Å². The molecule has 0 unspecified atom stereocenters. The predicted molar refractivity (Wildman–Crippen MR) is 74.8 cm³/mol. The molecule has 1 saturated carbocycles. The highest BCUT2D eigenvalue weighted by Crippen LogP contribution is 2.34. The molecule has 1 aliphatic rings. The summed E-state index contributed by atoms with van der Waals surface area (Å²) in [5.41, 5.74) is 0.0154. The highest BCUT2D eigenvalue weighted by Gasteiger charge is 2.22. The number of halogens is 1. The maximum Gasteiger partial charge on any atom is 0.273 e. The number of nitro benzene ring substituents is 1. The molecule has 0 atom stereocenters. The standard InChI is InChI=1S/C14H18ClNO3/c1-2-10-3-6-12(7-4-10)19-14-9-11(16(17)18)5-8-13(14)15/h5,8-10,12H,2-4,6-7H2,1H3. The molecule has 1 aromatic carbocycles. The molecular weight excluding hydrogens is 266 g/mol. The lowest BCUT2D eigenvalue weighted by atomic mass is 9.86. The monoisotopic (exact) mass is 283 g/mol. The van der Waals surface area contributed by atoms with E-state index in [1.54, 1.807) is 0 Å². The number of ether oxygens (including phenoxy) is 1. The van der Waals surface area contributed by atoms with E-state index in [4.69, 9.17) is 16.3 Å². The van der Waals surface area contributed by atoms with Crippen molar-refractivity contribution in [2.45, 2.75) is 45.1 Å². The normalized spacial score (nSPS) is 23.1. The molecule has 0 aromatic heterocycles. The second kappa shape index (κ2) is 6.24. The molecular formula is C14H18ClNO3. The molecule has 0 aliphatic heterocycles. The minimum atomic E-state index is -0.433. The topological polar surface area (TPSA) is 52.4 Å². The molecule has 2 rings (SSSR count). The summed E-state index contributed by atoms with van der Waals surface area (Å²) in [6, 6.07) is 4.32. The van der Waals surface area contributed by atoms with Gasteiger partial charge in [0.2, 0.25) is 0 Å². The van der Waals surface area contributed by atoms with Crippen LogP contribution in [0.1, 0.15) is 39.0 Å². The van der Waals surface area contributed by atoms with Crippen LogP contribution in [0.5, 0.6) is 5.75 Å². The lowest BCUT2D eigenvalue weighted by Crippen LogP contribution is -2.24. The van der Waals surface area contributed by atoms with Gasteiger partial charge in [-0.3, -0.25) is 10.1 Å². The van der Waals surface area contributed by atoms with Crippen molar-refractivity contribution < 1.29 is 9.66 Å². The third-order valence-corrected chi connectivity index (χ3v) is 4.10. The number of non-ortho nitro benzene ring substituents is 1. The van der Waals surface area contributed by atoms with Crippen molar-refractivity contribution >= 4 is 17.3 Å². The Morgan fingerprint density at radius 1 is 1.37 bits per heavy atom. The van der Waals surface area contributed by atoms with Crippen LogP contribution in [0.2, 0.25) is 5.02 Å². The molecule has 4 nitrogen and oxygen atoms in total. The van der Waals surface area contributed by atoms with Crippen molar-refractivity contribution in [3.63, 3.8) is 0 Å². The van der Waals surface area contributed by atoms with Crippen LogP contribution in [0.15, 0.2) is 18.2 Å². The Morgan fingerprint density at radius 2 is 2.05 bits per heavy atom.